The molecule has 0 aromatic rings. The van der Waals surface area contributed by atoms with Gasteiger partial charge in [-0.1, -0.05) is 56.8 Å². The summed E-state index contributed by atoms with van der Waals surface area (Å²) in [5, 5.41) is 0.334. The van der Waals surface area contributed by atoms with E-state index in [-0.39, 0.29) is 4.75 Å². The van der Waals surface area contributed by atoms with Crippen LogP contribution < -0.4 is 0 Å². The number of allylic oxidation sites excluding steroid dienone is 4. The summed E-state index contributed by atoms with van der Waals surface area (Å²) in [4.78, 5) is 11.0. The van der Waals surface area contributed by atoms with Crippen molar-refractivity contribution in [1.82, 2.24) is 0 Å². The lowest BCUT2D eigenvalue weighted by Gasteiger charge is -2.14. The number of rotatable bonds is 5. The SMILES string of the molecule is CC(C)(C)C/C=C\C/C=C\CC1(C)SC1=O. The molecule has 16 heavy (non-hydrogen) atoms. The molecule has 0 saturated carbocycles. The van der Waals surface area contributed by atoms with Crippen molar-refractivity contribution >= 4 is 16.9 Å². The van der Waals surface area contributed by atoms with Gasteiger partial charge in [0.15, 0.2) is 0 Å². The number of carbonyl (C=O) groups excluding carboxylic acids is 1. The summed E-state index contributed by atoms with van der Waals surface area (Å²) < 4.78 is -0.0916. The van der Waals surface area contributed by atoms with E-state index >= 15 is 0 Å². The fraction of sp³-hybridized carbons (Fsp3) is 0.643. The molecule has 0 aromatic heterocycles. The summed E-state index contributed by atoms with van der Waals surface area (Å²) in [6.07, 6.45) is 11.7. The van der Waals surface area contributed by atoms with Crippen LogP contribution in [0.4, 0.5) is 0 Å². The fourth-order valence-electron chi connectivity index (χ4n) is 1.32. The van der Waals surface area contributed by atoms with Crippen LogP contribution in [-0.4, -0.2) is 9.86 Å². The van der Waals surface area contributed by atoms with Crippen molar-refractivity contribution in [1.29, 1.82) is 0 Å². The molecular weight excluding hydrogens is 216 g/mol. The molecule has 0 N–H and O–H groups in total. The standard InChI is InChI=1S/C14H22OS/c1-13(2,3)10-8-6-5-7-9-11-14(4)12(15)16-14/h6-9H,5,10-11H2,1-4H3/b8-6-,9-7-. The Hall–Kier alpha value is -0.500. The van der Waals surface area contributed by atoms with Gasteiger partial charge in [-0.25, -0.2) is 0 Å². The lowest BCUT2D eigenvalue weighted by Crippen LogP contribution is -2.02. The van der Waals surface area contributed by atoms with E-state index in [1.54, 1.807) is 0 Å². The third-order valence-electron chi connectivity index (χ3n) is 2.55. The van der Waals surface area contributed by atoms with Crippen molar-refractivity contribution in [2.24, 2.45) is 5.41 Å². The Bertz CT molecular complexity index is 309. The normalized spacial score (nSPS) is 25.9. The zero-order chi connectivity index (χ0) is 12.2. The van der Waals surface area contributed by atoms with Crippen LogP contribution >= 0.6 is 11.8 Å². The molecule has 1 heterocycles. The van der Waals surface area contributed by atoms with Gasteiger partial charge in [-0.15, -0.1) is 0 Å². The van der Waals surface area contributed by atoms with Crippen LogP contribution in [0, 0.1) is 5.41 Å². The van der Waals surface area contributed by atoms with Crippen LogP contribution in [0.15, 0.2) is 24.3 Å². The predicted octanol–water partition coefficient (Wildman–Crippen LogP) is 4.35. The maximum atomic E-state index is 11.0. The van der Waals surface area contributed by atoms with E-state index < -0.39 is 0 Å². The van der Waals surface area contributed by atoms with Crippen molar-refractivity contribution in [3.63, 3.8) is 0 Å². The Kier molecular flexibility index (Phi) is 4.43. The largest absolute Gasteiger partial charge is 0.286 e. The van der Waals surface area contributed by atoms with Gasteiger partial charge in [0, 0.05) is 0 Å². The zero-order valence-corrected chi connectivity index (χ0v) is 11.6. The molecule has 0 aromatic carbocycles. The topological polar surface area (TPSA) is 17.1 Å². The van der Waals surface area contributed by atoms with Crippen LogP contribution in [0.2, 0.25) is 0 Å². The number of hydrogen-bond acceptors (Lipinski definition) is 2. The molecule has 1 aliphatic heterocycles. The molecule has 0 aliphatic carbocycles. The number of thioether (sulfide) groups is 1. The highest BCUT2D eigenvalue weighted by Gasteiger charge is 2.49. The monoisotopic (exact) mass is 238 g/mol. The minimum atomic E-state index is -0.0916. The van der Waals surface area contributed by atoms with Gasteiger partial charge in [-0.2, -0.15) is 0 Å². The highest BCUT2D eigenvalue weighted by molar-refractivity contribution is 8.26. The van der Waals surface area contributed by atoms with E-state index in [1.165, 1.54) is 11.8 Å². The quantitative estimate of drug-likeness (QED) is 0.523. The van der Waals surface area contributed by atoms with Gasteiger partial charge in [0.2, 0.25) is 5.12 Å². The van der Waals surface area contributed by atoms with Crippen LogP contribution in [0.5, 0.6) is 0 Å². The first-order valence-electron chi connectivity index (χ1n) is 5.87. The molecule has 1 fully saturated rings. The molecule has 0 bridgehead atoms. The second-order valence-electron chi connectivity index (χ2n) is 5.77. The summed E-state index contributed by atoms with van der Waals surface area (Å²) >= 11 is 1.46. The van der Waals surface area contributed by atoms with E-state index in [1.807, 2.05) is 6.92 Å². The van der Waals surface area contributed by atoms with E-state index in [2.05, 4.69) is 45.1 Å². The van der Waals surface area contributed by atoms with Gasteiger partial charge >= 0.3 is 0 Å². The van der Waals surface area contributed by atoms with E-state index in [0.29, 0.717) is 10.5 Å². The molecule has 1 aliphatic rings. The molecule has 1 nitrogen and oxygen atoms in total. The van der Waals surface area contributed by atoms with Gasteiger partial charge in [0.1, 0.15) is 0 Å². The van der Waals surface area contributed by atoms with Crippen LogP contribution in [0.25, 0.3) is 0 Å². The van der Waals surface area contributed by atoms with Crippen molar-refractivity contribution < 1.29 is 4.79 Å². The van der Waals surface area contributed by atoms with Crippen molar-refractivity contribution in [3.05, 3.63) is 24.3 Å². The zero-order valence-electron chi connectivity index (χ0n) is 10.7. The minimum absolute atomic E-state index is 0.0916. The Balaban J connectivity index is 2.11. The molecule has 0 radical (unpaired) electrons. The minimum Gasteiger partial charge on any atom is -0.286 e. The van der Waals surface area contributed by atoms with Crippen molar-refractivity contribution in [2.45, 2.75) is 51.7 Å². The van der Waals surface area contributed by atoms with Gasteiger partial charge in [0.25, 0.3) is 0 Å². The average molecular weight is 238 g/mol. The second-order valence-corrected chi connectivity index (χ2v) is 7.24. The molecule has 0 spiro atoms. The Morgan fingerprint density at radius 1 is 1.19 bits per heavy atom. The third kappa shape index (κ3) is 5.02. The maximum absolute atomic E-state index is 11.0. The number of hydrogen-bond donors (Lipinski definition) is 0. The van der Waals surface area contributed by atoms with Crippen LogP contribution in [-0.2, 0) is 4.79 Å². The maximum Gasteiger partial charge on any atom is 0.206 e. The lowest BCUT2D eigenvalue weighted by atomic mass is 9.92. The molecular formula is C14H22OS. The Morgan fingerprint density at radius 2 is 1.75 bits per heavy atom. The van der Waals surface area contributed by atoms with Gasteiger partial charge in [0.05, 0.1) is 4.75 Å². The molecule has 1 rings (SSSR count). The summed E-state index contributed by atoms with van der Waals surface area (Å²) in [7, 11) is 0. The highest BCUT2D eigenvalue weighted by Crippen LogP contribution is 2.49. The lowest BCUT2D eigenvalue weighted by molar-refractivity contribution is -0.109. The fourth-order valence-corrected chi connectivity index (χ4v) is 1.94. The summed E-state index contributed by atoms with van der Waals surface area (Å²) in [6.45, 7) is 8.73. The van der Waals surface area contributed by atoms with Crippen molar-refractivity contribution in [3.8, 4) is 0 Å². The predicted molar refractivity (Wildman–Crippen MR) is 72.6 cm³/mol. The second kappa shape index (κ2) is 5.22. The van der Waals surface area contributed by atoms with Gasteiger partial charge < -0.3 is 0 Å². The molecule has 90 valence electrons. The van der Waals surface area contributed by atoms with Gasteiger partial charge in [-0.3, -0.25) is 4.79 Å². The third-order valence-corrected chi connectivity index (χ3v) is 3.79. The molecule has 1 saturated heterocycles. The first-order valence-corrected chi connectivity index (χ1v) is 6.69. The summed E-state index contributed by atoms with van der Waals surface area (Å²) in [6, 6.07) is 0. The first kappa shape index (κ1) is 13.6. The highest BCUT2D eigenvalue weighted by atomic mass is 32.2. The van der Waals surface area contributed by atoms with Gasteiger partial charge in [-0.05, 0) is 31.6 Å². The molecule has 0 amide bonds. The van der Waals surface area contributed by atoms with Crippen molar-refractivity contribution in [2.75, 3.05) is 0 Å². The van der Waals surface area contributed by atoms with Crippen LogP contribution in [0.1, 0.15) is 47.0 Å². The smallest absolute Gasteiger partial charge is 0.206 e. The molecule has 2 heteroatoms. The Labute approximate surface area is 103 Å². The van der Waals surface area contributed by atoms with E-state index in [4.69, 9.17) is 0 Å². The summed E-state index contributed by atoms with van der Waals surface area (Å²) in [5.74, 6) is 0. The molecule has 1 atom stereocenters. The molecule has 1 unspecified atom stereocenters. The summed E-state index contributed by atoms with van der Waals surface area (Å²) in [5.41, 5.74) is 0.380. The number of carbonyl (C=O) groups is 1. The van der Waals surface area contributed by atoms with E-state index in [0.717, 1.165) is 19.3 Å². The first-order chi connectivity index (χ1) is 7.33. The Morgan fingerprint density at radius 3 is 2.25 bits per heavy atom. The van der Waals surface area contributed by atoms with Crippen LogP contribution in [0.3, 0.4) is 0 Å². The average Bonchev–Trinajstić information content (AvgIpc) is 2.71. The van der Waals surface area contributed by atoms with E-state index in [9.17, 15) is 4.79 Å².